The molecule has 1 saturated carbocycles. The quantitative estimate of drug-likeness (QED) is 0.644. The Balaban J connectivity index is 1.43. The van der Waals surface area contributed by atoms with Gasteiger partial charge in [0.2, 0.25) is 0 Å². The molecule has 30 heavy (non-hydrogen) atoms. The third-order valence-corrected chi connectivity index (χ3v) is 5.86. The number of rotatable bonds is 6. The Morgan fingerprint density at radius 1 is 1.30 bits per heavy atom. The smallest absolute Gasteiger partial charge is 0.257 e. The summed E-state index contributed by atoms with van der Waals surface area (Å²) in [5.41, 5.74) is 2.14. The molecule has 1 amide bonds. The van der Waals surface area contributed by atoms with Gasteiger partial charge in [-0.1, -0.05) is 47.8 Å². The average molecular weight is 427 g/mol. The van der Waals surface area contributed by atoms with Crippen molar-refractivity contribution in [3.63, 3.8) is 0 Å². The lowest BCUT2D eigenvalue weighted by molar-refractivity contribution is 0.0951. The van der Waals surface area contributed by atoms with Gasteiger partial charge < -0.3 is 9.84 Å². The van der Waals surface area contributed by atoms with Gasteiger partial charge in [0.15, 0.2) is 0 Å². The molecule has 156 valence electrons. The second kappa shape index (κ2) is 8.83. The van der Waals surface area contributed by atoms with E-state index in [0.29, 0.717) is 40.1 Å². The van der Waals surface area contributed by atoms with Gasteiger partial charge in [-0.15, -0.1) is 0 Å². The SMILES string of the molecule is Cc1onc(-c2ccccc2Cl)c1C(=O)NCCn1cnc(C2CCCC2)cc1=O. The van der Waals surface area contributed by atoms with Crippen molar-refractivity contribution in [2.24, 2.45) is 0 Å². The summed E-state index contributed by atoms with van der Waals surface area (Å²) in [4.78, 5) is 29.6. The fourth-order valence-corrected chi connectivity index (χ4v) is 4.13. The van der Waals surface area contributed by atoms with Crippen molar-refractivity contribution in [1.82, 2.24) is 20.0 Å². The number of carbonyl (C=O) groups excluding carboxylic acids is 1. The first-order chi connectivity index (χ1) is 14.5. The average Bonchev–Trinajstić information content (AvgIpc) is 3.39. The summed E-state index contributed by atoms with van der Waals surface area (Å²) in [7, 11) is 0. The molecule has 0 radical (unpaired) electrons. The van der Waals surface area contributed by atoms with Crippen molar-refractivity contribution in [2.75, 3.05) is 6.54 Å². The largest absolute Gasteiger partial charge is 0.360 e. The second-order valence-corrected chi connectivity index (χ2v) is 7.93. The number of aryl methyl sites for hydroxylation is 1. The molecule has 4 rings (SSSR count). The van der Waals surface area contributed by atoms with Gasteiger partial charge in [0.25, 0.3) is 11.5 Å². The first kappa shape index (κ1) is 20.3. The summed E-state index contributed by atoms with van der Waals surface area (Å²) in [6.07, 6.45) is 6.15. The third kappa shape index (κ3) is 4.16. The normalized spacial score (nSPS) is 14.2. The monoisotopic (exact) mass is 426 g/mol. The Bertz CT molecular complexity index is 1120. The van der Waals surface area contributed by atoms with Crippen LogP contribution in [0.2, 0.25) is 5.02 Å². The molecule has 1 aromatic carbocycles. The van der Waals surface area contributed by atoms with Crippen LogP contribution in [0.5, 0.6) is 0 Å². The van der Waals surface area contributed by atoms with Crippen LogP contribution in [0.15, 0.2) is 46.0 Å². The van der Waals surface area contributed by atoms with E-state index in [0.717, 1.165) is 18.5 Å². The predicted octanol–water partition coefficient (Wildman–Crippen LogP) is 3.95. The van der Waals surface area contributed by atoms with Crippen LogP contribution in [-0.4, -0.2) is 27.2 Å². The molecule has 0 aliphatic heterocycles. The summed E-state index contributed by atoms with van der Waals surface area (Å²) in [5, 5.41) is 7.33. The minimum absolute atomic E-state index is 0.0981. The Morgan fingerprint density at radius 2 is 2.07 bits per heavy atom. The Kier molecular flexibility index (Phi) is 5.99. The van der Waals surface area contributed by atoms with Gasteiger partial charge in [-0.2, -0.15) is 0 Å². The maximum atomic E-state index is 12.8. The molecular formula is C22H23ClN4O3. The third-order valence-electron chi connectivity index (χ3n) is 5.53. The van der Waals surface area contributed by atoms with Crippen LogP contribution in [0, 0.1) is 6.92 Å². The number of hydrogen-bond acceptors (Lipinski definition) is 5. The highest BCUT2D eigenvalue weighted by Crippen LogP contribution is 2.32. The van der Waals surface area contributed by atoms with Gasteiger partial charge in [0.05, 0.1) is 17.0 Å². The number of aromatic nitrogens is 3. The first-order valence-corrected chi connectivity index (χ1v) is 10.5. The Morgan fingerprint density at radius 3 is 2.80 bits per heavy atom. The van der Waals surface area contributed by atoms with E-state index in [1.807, 2.05) is 12.1 Å². The molecule has 0 unspecified atom stereocenters. The zero-order valence-electron chi connectivity index (χ0n) is 16.7. The highest BCUT2D eigenvalue weighted by molar-refractivity contribution is 6.33. The number of nitrogens with one attached hydrogen (secondary N) is 1. The Hall–Kier alpha value is -2.93. The fourth-order valence-electron chi connectivity index (χ4n) is 3.91. The van der Waals surface area contributed by atoms with Crippen molar-refractivity contribution in [1.29, 1.82) is 0 Å². The van der Waals surface area contributed by atoms with Crippen LogP contribution in [0.4, 0.5) is 0 Å². The van der Waals surface area contributed by atoms with Crippen molar-refractivity contribution in [3.05, 3.63) is 69.1 Å². The van der Waals surface area contributed by atoms with Crippen molar-refractivity contribution in [2.45, 2.75) is 45.1 Å². The molecule has 2 aromatic heterocycles. The highest BCUT2D eigenvalue weighted by atomic mass is 35.5. The van der Waals surface area contributed by atoms with E-state index in [1.54, 1.807) is 31.5 Å². The zero-order valence-corrected chi connectivity index (χ0v) is 17.5. The summed E-state index contributed by atoms with van der Waals surface area (Å²) in [6, 6.07) is 8.77. The molecule has 0 atom stereocenters. The number of hydrogen-bond donors (Lipinski definition) is 1. The van der Waals surface area contributed by atoms with Crippen molar-refractivity contribution >= 4 is 17.5 Å². The molecule has 0 bridgehead atoms. The first-order valence-electron chi connectivity index (χ1n) is 10.1. The zero-order chi connectivity index (χ0) is 21.1. The lowest BCUT2D eigenvalue weighted by Gasteiger charge is -2.11. The van der Waals surface area contributed by atoms with Crippen LogP contribution in [0.25, 0.3) is 11.3 Å². The lowest BCUT2D eigenvalue weighted by Crippen LogP contribution is -2.31. The van der Waals surface area contributed by atoms with Gasteiger partial charge in [-0.05, 0) is 25.8 Å². The number of halogens is 1. The molecule has 1 aliphatic rings. The second-order valence-electron chi connectivity index (χ2n) is 7.52. The van der Waals surface area contributed by atoms with Crippen molar-refractivity contribution in [3.8, 4) is 11.3 Å². The molecule has 1 N–H and O–H groups in total. The van der Waals surface area contributed by atoms with Gasteiger partial charge in [-0.3, -0.25) is 14.2 Å². The van der Waals surface area contributed by atoms with Gasteiger partial charge >= 0.3 is 0 Å². The molecule has 0 saturated heterocycles. The molecule has 7 nitrogen and oxygen atoms in total. The van der Waals surface area contributed by atoms with Crippen LogP contribution < -0.4 is 10.9 Å². The maximum absolute atomic E-state index is 12.8. The molecule has 2 heterocycles. The van der Waals surface area contributed by atoms with Gasteiger partial charge in [-0.25, -0.2) is 4.98 Å². The molecular weight excluding hydrogens is 404 g/mol. The van der Waals surface area contributed by atoms with Crippen LogP contribution in [0.3, 0.4) is 0 Å². The van der Waals surface area contributed by atoms with E-state index in [9.17, 15) is 9.59 Å². The predicted molar refractivity (Wildman–Crippen MR) is 114 cm³/mol. The molecule has 8 heteroatoms. The van der Waals surface area contributed by atoms with E-state index in [4.69, 9.17) is 16.1 Å². The fraction of sp³-hybridized carbons (Fsp3) is 0.364. The standard InChI is InChI=1S/C22H23ClN4O3/c1-14-20(21(26-30-14)16-8-4-5-9-17(16)23)22(29)24-10-11-27-13-25-18(12-19(27)28)15-6-2-3-7-15/h4-5,8-9,12-13,15H,2-3,6-7,10-11H2,1H3,(H,24,29). The van der Waals surface area contributed by atoms with Crippen LogP contribution >= 0.6 is 11.6 Å². The Labute approximate surface area is 179 Å². The summed E-state index contributed by atoms with van der Waals surface area (Å²) in [6.45, 7) is 2.28. The van der Waals surface area contributed by atoms with Crippen LogP contribution in [0.1, 0.15) is 53.4 Å². The number of carbonyl (C=O) groups is 1. The molecule has 0 spiro atoms. The van der Waals surface area contributed by atoms with E-state index >= 15 is 0 Å². The minimum atomic E-state index is -0.327. The summed E-state index contributed by atoms with van der Waals surface area (Å²) >= 11 is 6.25. The number of benzene rings is 1. The van der Waals surface area contributed by atoms with E-state index in [-0.39, 0.29) is 18.0 Å². The maximum Gasteiger partial charge on any atom is 0.257 e. The van der Waals surface area contributed by atoms with E-state index in [1.165, 1.54) is 17.4 Å². The van der Waals surface area contributed by atoms with Gasteiger partial charge in [0, 0.05) is 30.6 Å². The number of amides is 1. The topological polar surface area (TPSA) is 90.0 Å². The minimum Gasteiger partial charge on any atom is -0.360 e. The van der Waals surface area contributed by atoms with Crippen LogP contribution in [-0.2, 0) is 6.54 Å². The van der Waals surface area contributed by atoms with Gasteiger partial charge in [0.1, 0.15) is 17.0 Å². The van der Waals surface area contributed by atoms with E-state index < -0.39 is 0 Å². The summed E-state index contributed by atoms with van der Waals surface area (Å²) < 4.78 is 6.75. The lowest BCUT2D eigenvalue weighted by atomic mass is 10.0. The van der Waals surface area contributed by atoms with Crippen molar-refractivity contribution < 1.29 is 9.32 Å². The highest BCUT2D eigenvalue weighted by Gasteiger charge is 2.23. The molecule has 1 fully saturated rings. The van der Waals surface area contributed by atoms with E-state index in [2.05, 4.69) is 15.5 Å². The summed E-state index contributed by atoms with van der Waals surface area (Å²) in [5.74, 6) is 0.473. The number of nitrogens with zero attached hydrogens (tertiary/aromatic N) is 3. The molecule has 1 aliphatic carbocycles. The molecule has 3 aromatic rings.